The molecule has 0 radical (unpaired) electrons. The van der Waals surface area contributed by atoms with Crippen molar-refractivity contribution in [2.24, 2.45) is 0 Å². The molecular weight excluding hydrogens is 154 g/mol. The first-order valence-corrected chi connectivity index (χ1v) is 4.35. The van der Waals surface area contributed by atoms with Crippen molar-refractivity contribution in [2.75, 3.05) is 0 Å². The average molecular weight is 169 g/mol. The van der Waals surface area contributed by atoms with Gasteiger partial charge < -0.3 is 0 Å². The third-order valence-electron chi connectivity index (χ3n) is 2.36. The summed E-state index contributed by atoms with van der Waals surface area (Å²) in [5, 5.41) is 0. The number of carbonyl (C=O) groups excluding carboxylic acids is 2. The molecule has 0 saturated carbocycles. The maximum absolute atomic E-state index is 11.3. The second-order valence-electron chi connectivity index (χ2n) is 3.79. The van der Waals surface area contributed by atoms with E-state index in [-0.39, 0.29) is 17.4 Å². The van der Waals surface area contributed by atoms with E-state index in [1.807, 2.05) is 13.8 Å². The van der Waals surface area contributed by atoms with Crippen molar-refractivity contribution < 1.29 is 9.59 Å². The van der Waals surface area contributed by atoms with Crippen LogP contribution in [0.15, 0.2) is 0 Å². The van der Waals surface area contributed by atoms with Gasteiger partial charge >= 0.3 is 0 Å². The van der Waals surface area contributed by atoms with E-state index in [1.54, 1.807) is 6.92 Å². The fraction of sp³-hybridized carbons (Fsp3) is 0.778. The molecule has 1 fully saturated rings. The number of carbonyl (C=O) groups is 2. The smallest absolute Gasteiger partial charge is 0.229 e. The predicted molar refractivity (Wildman–Crippen MR) is 45.5 cm³/mol. The van der Waals surface area contributed by atoms with Gasteiger partial charge in [-0.2, -0.15) is 0 Å². The minimum atomic E-state index is -0.260. The van der Waals surface area contributed by atoms with Crippen molar-refractivity contribution in [3.63, 3.8) is 0 Å². The quantitative estimate of drug-likeness (QED) is 0.593. The van der Waals surface area contributed by atoms with E-state index in [1.165, 1.54) is 4.90 Å². The highest BCUT2D eigenvalue weighted by molar-refractivity contribution is 5.97. The van der Waals surface area contributed by atoms with E-state index >= 15 is 0 Å². The molecule has 2 amide bonds. The monoisotopic (exact) mass is 169 g/mol. The number of nitrogens with zero attached hydrogens (tertiary/aromatic N) is 1. The highest BCUT2D eigenvalue weighted by atomic mass is 16.2. The van der Waals surface area contributed by atoms with Crippen LogP contribution in [0.4, 0.5) is 0 Å². The molecule has 1 saturated heterocycles. The van der Waals surface area contributed by atoms with Crippen molar-refractivity contribution in [1.29, 1.82) is 0 Å². The van der Waals surface area contributed by atoms with Crippen LogP contribution in [0.2, 0.25) is 0 Å². The third-order valence-corrected chi connectivity index (χ3v) is 2.36. The van der Waals surface area contributed by atoms with E-state index in [4.69, 9.17) is 0 Å². The Morgan fingerprint density at radius 3 is 2.50 bits per heavy atom. The summed E-state index contributed by atoms with van der Waals surface area (Å²) in [6, 6.07) is 0. The van der Waals surface area contributed by atoms with Gasteiger partial charge in [0, 0.05) is 18.4 Å². The van der Waals surface area contributed by atoms with Gasteiger partial charge in [-0.15, -0.1) is 0 Å². The molecule has 0 unspecified atom stereocenters. The first-order valence-electron chi connectivity index (χ1n) is 4.35. The molecule has 0 atom stereocenters. The van der Waals surface area contributed by atoms with E-state index in [9.17, 15) is 9.59 Å². The topological polar surface area (TPSA) is 37.4 Å². The number of imide groups is 1. The number of likely N-dealkylation sites (tertiary alicyclic amines) is 1. The summed E-state index contributed by atoms with van der Waals surface area (Å²) in [4.78, 5) is 24.1. The fourth-order valence-electron chi connectivity index (χ4n) is 1.61. The molecule has 1 heterocycles. The molecular formula is C9H15NO2. The first-order chi connectivity index (χ1) is 5.49. The Kier molecular flexibility index (Phi) is 2.22. The summed E-state index contributed by atoms with van der Waals surface area (Å²) in [6.45, 7) is 5.65. The van der Waals surface area contributed by atoms with Crippen LogP contribution in [0.3, 0.4) is 0 Å². The highest BCUT2D eigenvalue weighted by Gasteiger charge is 2.40. The second kappa shape index (κ2) is 2.88. The predicted octanol–water partition coefficient (Wildman–Crippen LogP) is 1.32. The molecule has 12 heavy (non-hydrogen) atoms. The van der Waals surface area contributed by atoms with Crippen LogP contribution in [-0.4, -0.2) is 22.3 Å². The minimum absolute atomic E-state index is 0.0214. The number of amides is 2. The van der Waals surface area contributed by atoms with Gasteiger partial charge in [-0.05, 0) is 20.3 Å². The van der Waals surface area contributed by atoms with Gasteiger partial charge in [0.2, 0.25) is 11.8 Å². The average Bonchev–Trinajstić information content (AvgIpc) is 2.25. The molecule has 0 aromatic carbocycles. The van der Waals surface area contributed by atoms with Crippen LogP contribution in [0.1, 0.15) is 40.0 Å². The van der Waals surface area contributed by atoms with E-state index in [2.05, 4.69) is 0 Å². The Balaban J connectivity index is 2.85. The summed E-state index contributed by atoms with van der Waals surface area (Å²) in [5.74, 6) is -0.0747. The number of hydrogen-bond acceptors (Lipinski definition) is 2. The molecule has 0 aromatic heterocycles. The summed E-state index contributed by atoms with van der Waals surface area (Å²) < 4.78 is 0. The van der Waals surface area contributed by atoms with Crippen LogP contribution in [-0.2, 0) is 9.59 Å². The Morgan fingerprint density at radius 1 is 1.58 bits per heavy atom. The van der Waals surface area contributed by atoms with Gasteiger partial charge in [0.1, 0.15) is 0 Å². The van der Waals surface area contributed by atoms with Gasteiger partial charge in [0.15, 0.2) is 0 Å². The molecule has 0 N–H and O–H groups in total. The summed E-state index contributed by atoms with van der Waals surface area (Å²) in [6.07, 6.45) is 1.71. The highest BCUT2D eigenvalue weighted by Crippen LogP contribution is 2.29. The lowest BCUT2D eigenvalue weighted by Gasteiger charge is -2.29. The summed E-state index contributed by atoms with van der Waals surface area (Å²) in [5.41, 5.74) is -0.260. The zero-order valence-corrected chi connectivity index (χ0v) is 7.89. The van der Waals surface area contributed by atoms with E-state index in [0.29, 0.717) is 12.8 Å². The van der Waals surface area contributed by atoms with Gasteiger partial charge in [0.05, 0.1) is 0 Å². The molecule has 0 bridgehead atoms. The molecule has 1 rings (SSSR count). The fourth-order valence-corrected chi connectivity index (χ4v) is 1.61. The molecule has 1 aliphatic rings. The molecule has 0 aromatic rings. The van der Waals surface area contributed by atoms with Crippen molar-refractivity contribution in [1.82, 2.24) is 4.90 Å². The number of rotatable bonds is 1. The molecule has 3 nitrogen and oxygen atoms in total. The zero-order valence-electron chi connectivity index (χ0n) is 7.89. The second-order valence-corrected chi connectivity index (χ2v) is 3.79. The Hall–Kier alpha value is -0.860. The third kappa shape index (κ3) is 1.36. The normalized spacial score (nSPS) is 21.6. The first kappa shape index (κ1) is 9.23. The maximum Gasteiger partial charge on any atom is 0.229 e. The van der Waals surface area contributed by atoms with Crippen molar-refractivity contribution >= 4 is 11.8 Å². The summed E-state index contributed by atoms with van der Waals surface area (Å²) >= 11 is 0. The standard InChI is InChI=1S/C9H15NO2/c1-4-7(11)10-8(12)5-6-9(10,2)3/h4-6H2,1-3H3. The zero-order chi connectivity index (χ0) is 9.35. The Bertz CT molecular complexity index is 221. The van der Waals surface area contributed by atoms with Crippen LogP contribution in [0, 0.1) is 0 Å². The Morgan fingerprint density at radius 2 is 2.17 bits per heavy atom. The number of hydrogen-bond donors (Lipinski definition) is 0. The maximum atomic E-state index is 11.3. The van der Waals surface area contributed by atoms with Crippen LogP contribution < -0.4 is 0 Å². The van der Waals surface area contributed by atoms with Crippen molar-refractivity contribution in [3.8, 4) is 0 Å². The summed E-state index contributed by atoms with van der Waals surface area (Å²) in [7, 11) is 0. The van der Waals surface area contributed by atoms with Crippen molar-refractivity contribution in [3.05, 3.63) is 0 Å². The molecule has 3 heteroatoms. The van der Waals surface area contributed by atoms with E-state index in [0.717, 1.165) is 6.42 Å². The molecule has 68 valence electrons. The van der Waals surface area contributed by atoms with Gasteiger partial charge in [-0.3, -0.25) is 14.5 Å². The SMILES string of the molecule is CCC(=O)N1C(=O)CCC1(C)C. The lowest BCUT2D eigenvalue weighted by molar-refractivity contribution is -0.146. The van der Waals surface area contributed by atoms with Gasteiger partial charge in [-0.1, -0.05) is 6.92 Å². The van der Waals surface area contributed by atoms with Crippen LogP contribution in [0.25, 0.3) is 0 Å². The lowest BCUT2D eigenvalue weighted by atomic mass is 10.0. The largest absolute Gasteiger partial charge is 0.277 e. The molecule has 1 aliphatic heterocycles. The van der Waals surface area contributed by atoms with Crippen LogP contribution >= 0.6 is 0 Å². The van der Waals surface area contributed by atoms with Crippen molar-refractivity contribution in [2.45, 2.75) is 45.6 Å². The molecule has 0 aliphatic carbocycles. The van der Waals surface area contributed by atoms with Gasteiger partial charge in [-0.25, -0.2) is 0 Å². The minimum Gasteiger partial charge on any atom is -0.277 e. The van der Waals surface area contributed by atoms with E-state index < -0.39 is 0 Å². The lowest BCUT2D eigenvalue weighted by Crippen LogP contribution is -2.44. The Labute approximate surface area is 72.7 Å². The van der Waals surface area contributed by atoms with Crippen LogP contribution in [0.5, 0.6) is 0 Å². The van der Waals surface area contributed by atoms with Gasteiger partial charge in [0.25, 0.3) is 0 Å². The molecule has 0 spiro atoms.